The smallest absolute Gasteiger partial charge is 0.306 e. The van der Waals surface area contributed by atoms with Gasteiger partial charge in [0.2, 0.25) is 5.91 Å². The number of hydrogen-bond donors (Lipinski definition) is 2. The Labute approximate surface area is 113 Å². The fourth-order valence-corrected chi connectivity index (χ4v) is 2.36. The molecule has 2 atom stereocenters. The molecule has 1 aliphatic rings. The zero-order chi connectivity index (χ0) is 13.1. The van der Waals surface area contributed by atoms with Gasteiger partial charge in [0.25, 0.3) is 0 Å². The van der Waals surface area contributed by atoms with Crippen LogP contribution < -0.4 is 5.32 Å². The van der Waals surface area contributed by atoms with Gasteiger partial charge in [-0.3, -0.25) is 9.59 Å². The van der Waals surface area contributed by atoms with E-state index in [1.807, 2.05) is 0 Å². The van der Waals surface area contributed by atoms with E-state index in [9.17, 15) is 9.59 Å². The summed E-state index contributed by atoms with van der Waals surface area (Å²) in [7, 11) is 0. The summed E-state index contributed by atoms with van der Waals surface area (Å²) in [6.45, 7) is 0. The molecule has 0 bridgehead atoms. The maximum atomic E-state index is 11.9. The highest BCUT2D eigenvalue weighted by Gasteiger charge is 2.33. The van der Waals surface area contributed by atoms with Crippen LogP contribution in [-0.2, 0) is 9.59 Å². The summed E-state index contributed by atoms with van der Waals surface area (Å²) in [5, 5.41) is 11.6. The van der Waals surface area contributed by atoms with Crippen LogP contribution in [0.15, 0.2) is 22.8 Å². The van der Waals surface area contributed by atoms with Gasteiger partial charge in [0.15, 0.2) is 0 Å². The number of aliphatic carboxylic acids is 1. The van der Waals surface area contributed by atoms with Crippen molar-refractivity contribution in [2.24, 2.45) is 11.8 Å². The fraction of sp³-hybridized carbons (Fsp3) is 0.417. The lowest BCUT2D eigenvalue weighted by atomic mass is 10.0. The quantitative estimate of drug-likeness (QED) is 0.897. The molecule has 1 aromatic rings. The molecule has 0 spiro atoms. The first kappa shape index (κ1) is 13.0. The Balaban J connectivity index is 1.93. The first-order chi connectivity index (χ1) is 8.56. The summed E-state index contributed by atoms with van der Waals surface area (Å²) in [4.78, 5) is 26.8. The molecule has 1 aromatic heterocycles. The van der Waals surface area contributed by atoms with Crippen LogP contribution in [0.4, 0.5) is 5.82 Å². The number of carbonyl (C=O) groups is 2. The van der Waals surface area contributed by atoms with Gasteiger partial charge in [0.1, 0.15) is 5.82 Å². The first-order valence-corrected chi connectivity index (χ1v) is 6.51. The van der Waals surface area contributed by atoms with E-state index >= 15 is 0 Å². The molecule has 18 heavy (non-hydrogen) atoms. The Morgan fingerprint density at radius 3 is 2.61 bits per heavy atom. The molecule has 1 saturated carbocycles. The second kappa shape index (κ2) is 5.48. The highest BCUT2D eigenvalue weighted by molar-refractivity contribution is 9.10. The van der Waals surface area contributed by atoms with Gasteiger partial charge in [-0.1, -0.05) is 0 Å². The average molecular weight is 313 g/mol. The number of hydrogen-bond acceptors (Lipinski definition) is 3. The minimum absolute atomic E-state index is 0.145. The molecule has 1 fully saturated rings. The summed E-state index contributed by atoms with van der Waals surface area (Å²) in [6, 6.07) is 3.49. The normalized spacial score (nSPS) is 22.7. The number of carbonyl (C=O) groups excluding carboxylic acids is 1. The van der Waals surface area contributed by atoms with Crippen molar-refractivity contribution in [3.8, 4) is 0 Å². The number of halogens is 1. The maximum absolute atomic E-state index is 11.9. The van der Waals surface area contributed by atoms with E-state index in [2.05, 4.69) is 26.2 Å². The monoisotopic (exact) mass is 312 g/mol. The molecule has 0 unspecified atom stereocenters. The van der Waals surface area contributed by atoms with Gasteiger partial charge < -0.3 is 10.4 Å². The molecule has 0 radical (unpaired) electrons. The van der Waals surface area contributed by atoms with Crippen molar-refractivity contribution in [2.45, 2.75) is 19.3 Å². The van der Waals surface area contributed by atoms with E-state index in [0.717, 1.165) is 4.47 Å². The number of nitrogens with one attached hydrogen (secondary N) is 1. The molecular weight excluding hydrogens is 300 g/mol. The fourth-order valence-electron chi connectivity index (χ4n) is 2.12. The second-order valence-corrected chi connectivity index (χ2v) is 5.31. The molecule has 2 rings (SSSR count). The molecular formula is C12H13BrN2O3. The Morgan fingerprint density at radius 1 is 1.33 bits per heavy atom. The highest BCUT2D eigenvalue weighted by atomic mass is 79.9. The van der Waals surface area contributed by atoms with Crippen molar-refractivity contribution in [3.63, 3.8) is 0 Å². The summed E-state index contributed by atoms with van der Waals surface area (Å²) in [5.41, 5.74) is 0. The summed E-state index contributed by atoms with van der Waals surface area (Å²) < 4.78 is 0.840. The molecule has 2 N–H and O–H groups in total. The third-order valence-electron chi connectivity index (χ3n) is 3.13. The largest absolute Gasteiger partial charge is 0.481 e. The SMILES string of the molecule is O=C(O)[C@@H]1CC[C@H](C(=O)Nc2ccc(Br)cn2)C1. The number of nitrogens with zero attached hydrogens (tertiary/aromatic N) is 1. The topological polar surface area (TPSA) is 79.3 Å². The van der Waals surface area contributed by atoms with E-state index in [4.69, 9.17) is 5.11 Å². The zero-order valence-corrected chi connectivity index (χ0v) is 11.2. The van der Waals surface area contributed by atoms with Crippen molar-refractivity contribution < 1.29 is 14.7 Å². The zero-order valence-electron chi connectivity index (χ0n) is 9.60. The van der Waals surface area contributed by atoms with E-state index in [0.29, 0.717) is 25.1 Å². The van der Waals surface area contributed by atoms with Crippen molar-refractivity contribution in [2.75, 3.05) is 5.32 Å². The molecule has 1 heterocycles. The molecule has 1 amide bonds. The summed E-state index contributed by atoms with van der Waals surface area (Å²) in [5.74, 6) is -1.09. The van der Waals surface area contributed by atoms with Crippen LogP contribution in [0.25, 0.3) is 0 Å². The van der Waals surface area contributed by atoms with Crippen LogP contribution in [0.1, 0.15) is 19.3 Å². The summed E-state index contributed by atoms with van der Waals surface area (Å²) >= 11 is 3.26. The van der Waals surface area contributed by atoms with E-state index in [-0.39, 0.29) is 11.8 Å². The first-order valence-electron chi connectivity index (χ1n) is 5.71. The Morgan fingerprint density at radius 2 is 2.06 bits per heavy atom. The molecule has 0 saturated heterocycles. The second-order valence-electron chi connectivity index (χ2n) is 4.40. The minimum atomic E-state index is -0.813. The van der Waals surface area contributed by atoms with Gasteiger partial charge in [0, 0.05) is 16.6 Å². The number of carboxylic acids is 1. The predicted octanol–water partition coefficient (Wildman–Crippen LogP) is 2.28. The number of aromatic nitrogens is 1. The number of rotatable bonds is 3. The van der Waals surface area contributed by atoms with Crippen LogP contribution in [0.2, 0.25) is 0 Å². The Hall–Kier alpha value is -1.43. The van der Waals surface area contributed by atoms with Crippen LogP contribution in [0.5, 0.6) is 0 Å². The molecule has 0 aliphatic heterocycles. The maximum Gasteiger partial charge on any atom is 0.306 e. The van der Waals surface area contributed by atoms with E-state index < -0.39 is 11.9 Å². The third-order valence-corrected chi connectivity index (χ3v) is 3.60. The van der Waals surface area contributed by atoms with Gasteiger partial charge in [-0.15, -0.1) is 0 Å². The highest BCUT2D eigenvalue weighted by Crippen LogP contribution is 2.31. The molecule has 6 heteroatoms. The van der Waals surface area contributed by atoms with Crippen molar-refractivity contribution >= 4 is 33.6 Å². The summed E-state index contributed by atoms with van der Waals surface area (Å²) in [6.07, 6.45) is 3.21. The standard InChI is InChI=1S/C12H13BrN2O3/c13-9-3-4-10(14-6-9)15-11(16)7-1-2-8(5-7)12(17)18/h3-4,6-8H,1-2,5H2,(H,17,18)(H,14,15,16)/t7-,8+/m0/s1. The number of pyridine rings is 1. The Bertz CT molecular complexity index is 461. The van der Waals surface area contributed by atoms with Crippen LogP contribution in [-0.4, -0.2) is 22.0 Å². The molecule has 5 nitrogen and oxygen atoms in total. The van der Waals surface area contributed by atoms with Crippen LogP contribution in [0, 0.1) is 11.8 Å². The van der Waals surface area contributed by atoms with E-state index in [1.165, 1.54) is 0 Å². The van der Waals surface area contributed by atoms with E-state index in [1.54, 1.807) is 18.3 Å². The number of amides is 1. The molecule has 0 aromatic carbocycles. The third kappa shape index (κ3) is 3.07. The van der Waals surface area contributed by atoms with Gasteiger partial charge in [-0.25, -0.2) is 4.98 Å². The Kier molecular flexibility index (Phi) is 3.96. The predicted molar refractivity (Wildman–Crippen MR) is 69.0 cm³/mol. The number of carboxylic acid groups (broad SMARTS) is 1. The van der Waals surface area contributed by atoms with Gasteiger partial charge in [-0.05, 0) is 47.3 Å². The lowest BCUT2D eigenvalue weighted by molar-refractivity contribution is -0.141. The average Bonchev–Trinajstić information content (AvgIpc) is 2.81. The lowest BCUT2D eigenvalue weighted by Gasteiger charge is -2.10. The van der Waals surface area contributed by atoms with Gasteiger partial charge >= 0.3 is 5.97 Å². The number of anilines is 1. The van der Waals surface area contributed by atoms with Crippen molar-refractivity contribution in [1.82, 2.24) is 4.98 Å². The molecule has 1 aliphatic carbocycles. The van der Waals surface area contributed by atoms with Gasteiger partial charge in [0.05, 0.1) is 5.92 Å². The van der Waals surface area contributed by atoms with Crippen molar-refractivity contribution in [3.05, 3.63) is 22.8 Å². The van der Waals surface area contributed by atoms with Crippen LogP contribution in [0.3, 0.4) is 0 Å². The van der Waals surface area contributed by atoms with Crippen molar-refractivity contribution in [1.29, 1.82) is 0 Å². The van der Waals surface area contributed by atoms with Gasteiger partial charge in [-0.2, -0.15) is 0 Å². The lowest BCUT2D eigenvalue weighted by Crippen LogP contribution is -2.22. The minimum Gasteiger partial charge on any atom is -0.481 e. The van der Waals surface area contributed by atoms with Crippen LogP contribution >= 0.6 is 15.9 Å². The molecule has 96 valence electrons.